The first kappa shape index (κ1) is 17.7. The molecule has 0 aliphatic carbocycles. The number of fused-ring (bicyclic) bond motifs is 1. The van der Waals surface area contributed by atoms with Gasteiger partial charge in [0.25, 0.3) is 0 Å². The third-order valence-corrected chi connectivity index (χ3v) is 11.3. The van der Waals surface area contributed by atoms with Crippen LogP contribution in [0.3, 0.4) is 0 Å². The van der Waals surface area contributed by atoms with E-state index < -0.39 is 8.07 Å². The first-order valence-corrected chi connectivity index (χ1v) is 10.6. The smallest absolute Gasteiger partial charge is 0.177 e. The molecule has 0 spiro atoms. The Balaban J connectivity index is 2.59. The van der Waals surface area contributed by atoms with Crippen molar-refractivity contribution in [3.8, 4) is 17.2 Å². The maximum Gasteiger partial charge on any atom is 0.177 e. The molecule has 3 heteroatoms. The van der Waals surface area contributed by atoms with Gasteiger partial charge in [0.1, 0.15) is 8.07 Å². The lowest BCUT2D eigenvalue weighted by molar-refractivity contribution is 0.409. The molecule has 0 bridgehead atoms. The van der Waals surface area contributed by atoms with Gasteiger partial charge in [-0.05, 0) is 34.8 Å². The van der Waals surface area contributed by atoms with Crippen LogP contribution in [0.1, 0.15) is 47.1 Å². The summed E-state index contributed by atoms with van der Waals surface area (Å²) in [5, 5.41) is 1.05. The molecule has 0 atom stereocenters. The van der Waals surface area contributed by atoms with Gasteiger partial charge in [-0.25, -0.2) is 0 Å². The maximum absolute atomic E-state index is 5.58. The monoisotopic (exact) mass is 328 g/mol. The molecule has 23 heavy (non-hydrogen) atoms. The van der Waals surface area contributed by atoms with Crippen LogP contribution in [-0.4, -0.2) is 15.2 Å². The van der Waals surface area contributed by atoms with Crippen molar-refractivity contribution in [3.63, 3.8) is 0 Å². The van der Waals surface area contributed by atoms with E-state index in [1.54, 1.807) is 13.4 Å². The number of ether oxygens (including phenoxy) is 1. The molecule has 0 aliphatic heterocycles. The quantitative estimate of drug-likeness (QED) is 0.506. The van der Waals surface area contributed by atoms with Gasteiger partial charge in [0, 0.05) is 5.39 Å². The summed E-state index contributed by atoms with van der Waals surface area (Å²) in [4.78, 5) is 0. The zero-order valence-electron chi connectivity index (χ0n) is 15.4. The molecule has 1 aromatic heterocycles. The molecule has 0 radical (unpaired) electrons. The maximum atomic E-state index is 5.58. The minimum absolute atomic E-state index is 0.619. The molecule has 0 unspecified atom stereocenters. The Morgan fingerprint density at radius 2 is 1.57 bits per heavy atom. The summed E-state index contributed by atoms with van der Waals surface area (Å²) in [7, 11) is -0.0637. The zero-order valence-corrected chi connectivity index (χ0v) is 16.4. The van der Waals surface area contributed by atoms with Crippen molar-refractivity contribution in [2.45, 2.75) is 58.2 Å². The summed E-state index contributed by atoms with van der Waals surface area (Å²) in [5.74, 6) is 4.21. The van der Waals surface area contributed by atoms with E-state index >= 15 is 0 Å². The van der Waals surface area contributed by atoms with Crippen LogP contribution >= 0.6 is 0 Å². The molecular formula is C20H28O2Si. The Bertz CT molecular complexity index is 707. The lowest BCUT2D eigenvalue weighted by Crippen LogP contribution is -2.43. The molecule has 2 rings (SSSR count). The van der Waals surface area contributed by atoms with Crippen molar-refractivity contribution < 1.29 is 9.15 Å². The number of rotatable bonds is 4. The number of methoxy groups -OCH3 is 1. The van der Waals surface area contributed by atoms with Gasteiger partial charge in [-0.1, -0.05) is 47.5 Å². The lowest BCUT2D eigenvalue weighted by atomic mass is 10.1. The van der Waals surface area contributed by atoms with Crippen molar-refractivity contribution in [1.29, 1.82) is 0 Å². The normalized spacial score (nSPS) is 12.1. The molecule has 124 valence electrons. The van der Waals surface area contributed by atoms with E-state index in [9.17, 15) is 0 Å². The molecular weight excluding hydrogens is 300 g/mol. The van der Waals surface area contributed by atoms with Crippen LogP contribution in [0, 0.1) is 11.5 Å². The molecule has 1 aromatic carbocycles. The highest BCUT2D eigenvalue weighted by Crippen LogP contribution is 2.41. The molecule has 2 aromatic rings. The molecule has 2 nitrogen and oxygen atoms in total. The standard InChI is InChI=1S/C20H28O2Si/c1-14(2)23(15(3)4,16(5)6)13-11-18-9-8-17-10-12-22-20(17)19(18)21-7/h8-10,12,14-16H,1-7H3. The van der Waals surface area contributed by atoms with Crippen LogP contribution < -0.4 is 4.74 Å². The van der Waals surface area contributed by atoms with Crippen molar-refractivity contribution in [2.75, 3.05) is 7.11 Å². The molecule has 0 amide bonds. The van der Waals surface area contributed by atoms with Gasteiger partial charge in [-0.15, -0.1) is 5.54 Å². The van der Waals surface area contributed by atoms with Crippen molar-refractivity contribution in [2.24, 2.45) is 0 Å². The number of hydrogen-bond donors (Lipinski definition) is 0. The fourth-order valence-electron chi connectivity index (χ4n) is 3.92. The van der Waals surface area contributed by atoms with Crippen molar-refractivity contribution in [1.82, 2.24) is 0 Å². The molecule has 0 saturated heterocycles. The van der Waals surface area contributed by atoms with E-state index in [2.05, 4.69) is 59.1 Å². The summed E-state index contributed by atoms with van der Waals surface area (Å²) >= 11 is 0. The Morgan fingerprint density at radius 3 is 2.09 bits per heavy atom. The zero-order chi connectivity index (χ0) is 17.2. The van der Waals surface area contributed by atoms with Gasteiger partial charge in [0.2, 0.25) is 0 Å². The molecule has 0 fully saturated rings. The van der Waals surface area contributed by atoms with Crippen LogP contribution in [-0.2, 0) is 0 Å². The minimum atomic E-state index is -1.74. The predicted octanol–water partition coefficient (Wildman–Crippen LogP) is 6.01. The van der Waals surface area contributed by atoms with Crippen LogP contribution in [0.2, 0.25) is 16.6 Å². The second kappa shape index (κ2) is 6.84. The number of benzene rings is 1. The molecule has 0 aliphatic rings. The van der Waals surface area contributed by atoms with Gasteiger partial charge >= 0.3 is 0 Å². The third kappa shape index (κ3) is 3.05. The average molecular weight is 329 g/mol. The SMILES string of the molecule is COc1c(C#C[Si](C(C)C)(C(C)C)C(C)C)ccc2ccoc12. The highest BCUT2D eigenvalue weighted by molar-refractivity contribution is 6.90. The molecule has 0 saturated carbocycles. The van der Waals surface area contributed by atoms with E-state index in [1.807, 2.05) is 12.1 Å². The number of hydrogen-bond acceptors (Lipinski definition) is 2. The highest BCUT2D eigenvalue weighted by atomic mass is 28.3. The summed E-state index contributed by atoms with van der Waals surface area (Å²) in [6.07, 6.45) is 1.69. The number of furan rings is 1. The average Bonchev–Trinajstić information content (AvgIpc) is 2.94. The van der Waals surface area contributed by atoms with E-state index in [1.165, 1.54) is 0 Å². The van der Waals surface area contributed by atoms with Gasteiger partial charge in [-0.3, -0.25) is 0 Å². The first-order chi connectivity index (χ1) is 10.8. The summed E-state index contributed by atoms with van der Waals surface area (Å²) in [5.41, 5.74) is 7.31. The second-order valence-electron chi connectivity index (χ2n) is 7.13. The second-order valence-corrected chi connectivity index (χ2v) is 12.7. The van der Waals surface area contributed by atoms with E-state index in [0.29, 0.717) is 16.6 Å². The Hall–Kier alpha value is -1.66. The van der Waals surface area contributed by atoms with Crippen molar-refractivity contribution in [3.05, 3.63) is 30.0 Å². The summed E-state index contributed by atoms with van der Waals surface area (Å²) in [6.45, 7) is 14.0. The van der Waals surface area contributed by atoms with Crippen LogP contribution in [0.15, 0.2) is 28.9 Å². The fraction of sp³-hybridized carbons (Fsp3) is 0.500. The van der Waals surface area contributed by atoms with E-state index in [0.717, 1.165) is 22.3 Å². The van der Waals surface area contributed by atoms with Crippen LogP contribution in [0.5, 0.6) is 5.75 Å². The lowest BCUT2D eigenvalue weighted by Gasteiger charge is -2.38. The van der Waals surface area contributed by atoms with Gasteiger partial charge in [-0.2, -0.15) is 0 Å². The Kier molecular flexibility index (Phi) is 5.26. The highest BCUT2D eigenvalue weighted by Gasteiger charge is 2.41. The third-order valence-electron chi connectivity index (χ3n) is 5.06. The van der Waals surface area contributed by atoms with Gasteiger partial charge in [0.15, 0.2) is 11.3 Å². The Morgan fingerprint density at radius 1 is 0.957 bits per heavy atom. The molecule has 0 N–H and O–H groups in total. The van der Waals surface area contributed by atoms with Crippen LogP contribution in [0.4, 0.5) is 0 Å². The molecule has 1 heterocycles. The topological polar surface area (TPSA) is 22.4 Å². The first-order valence-electron chi connectivity index (χ1n) is 8.42. The Labute approximate surface area is 141 Å². The largest absolute Gasteiger partial charge is 0.492 e. The minimum Gasteiger partial charge on any atom is -0.492 e. The van der Waals surface area contributed by atoms with Gasteiger partial charge in [0.05, 0.1) is 18.9 Å². The summed E-state index contributed by atoms with van der Waals surface area (Å²) < 4.78 is 11.2. The van der Waals surface area contributed by atoms with Gasteiger partial charge < -0.3 is 9.15 Å². The van der Waals surface area contributed by atoms with E-state index in [-0.39, 0.29) is 0 Å². The van der Waals surface area contributed by atoms with E-state index in [4.69, 9.17) is 9.15 Å². The van der Waals surface area contributed by atoms with Crippen molar-refractivity contribution >= 4 is 19.0 Å². The fourth-order valence-corrected chi connectivity index (χ4v) is 9.13. The van der Waals surface area contributed by atoms with Crippen LogP contribution in [0.25, 0.3) is 11.0 Å². The predicted molar refractivity (Wildman–Crippen MR) is 101 cm³/mol. The summed E-state index contributed by atoms with van der Waals surface area (Å²) in [6, 6.07) is 6.04.